The Kier molecular flexibility index (Phi) is 9.17. The summed E-state index contributed by atoms with van der Waals surface area (Å²) >= 11 is 0. The molecule has 0 spiro atoms. The Morgan fingerprint density at radius 1 is 0.941 bits per heavy atom. The fourth-order valence-corrected chi connectivity index (χ4v) is 14.4. The van der Waals surface area contributed by atoms with Crippen LogP contribution in [0.25, 0.3) is 0 Å². The summed E-state index contributed by atoms with van der Waals surface area (Å²) in [5, 5.41) is 0. The van der Waals surface area contributed by atoms with Crippen molar-refractivity contribution in [3.05, 3.63) is 0 Å². The third-order valence-corrected chi connectivity index (χ3v) is 13.9. The average Bonchev–Trinajstić information content (AvgIpc) is 2.10. The van der Waals surface area contributed by atoms with E-state index in [1.54, 1.807) is 0 Å². The highest BCUT2D eigenvalue weighted by molar-refractivity contribution is 6.78. The summed E-state index contributed by atoms with van der Waals surface area (Å²) in [4.78, 5) is 0. The molecule has 1 unspecified atom stereocenters. The predicted molar refractivity (Wildman–Crippen MR) is 85.4 cm³/mol. The summed E-state index contributed by atoms with van der Waals surface area (Å²) in [6.07, 6.45) is 2.44. The van der Waals surface area contributed by atoms with Crippen LogP contribution in [0.15, 0.2) is 0 Å². The lowest BCUT2D eigenvalue weighted by Gasteiger charge is -2.31. The topological polar surface area (TPSA) is 27.7 Å². The van der Waals surface area contributed by atoms with Gasteiger partial charge in [-0.2, -0.15) is 0 Å². The van der Waals surface area contributed by atoms with Crippen molar-refractivity contribution in [2.45, 2.75) is 65.1 Å². The second-order valence-electron chi connectivity index (χ2n) is 5.44. The molecule has 17 heavy (non-hydrogen) atoms. The van der Waals surface area contributed by atoms with Gasteiger partial charge in [0.1, 0.15) is 0 Å². The second-order valence-corrected chi connectivity index (χ2v) is 16.8. The second kappa shape index (κ2) is 8.78. The van der Waals surface area contributed by atoms with Gasteiger partial charge in [0.25, 0.3) is 0 Å². The summed E-state index contributed by atoms with van der Waals surface area (Å²) in [7, 11) is -5.38. The molecule has 0 amide bonds. The molecule has 1 atom stereocenters. The molecule has 0 aromatic heterocycles. The molecule has 0 rings (SSSR count). The zero-order chi connectivity index (χ0) is 13.5. The van der Waals surface area contributed by atoms with Crippen molar-refractivity contribution in [2.24, 2.45) is 0 Å². The van der Waals surface area contributed by atoms with E-state index in [1.165, 1.54) is 12.8 Å². The molecule has 0 aromatic carbocycles. The molecule has 0 radical (unpaired) electrons. The van der Waals surface area contributed by atoms with Gasteiger partial charge >= 0.3 is 17.8 Å². The largest absolute Gasteiger partial charge is 0.441 e. The van der Waals surface area contributed by atoms with Gasteiger partial charge < -0.3 is 12.3 Å². The molecule has 0 N–H and O–H groups in total. The van der Waals surface area contributed by atoms with E-state index in [1.807, 2.05) is 0 Å². The van der Waals surface area contributed by atoms with E-state index < -0.39 is 35.9 Å². The Morgan fingerprint density at radius 3 is 1.94 bits per heavy atom. The van der Waals surface area contributed by atoms with Crippen molar-refractivity contribution < 1.29 is 12.3 Å². The number of hydrogen-bond acceptors (Lipinski definition) is 3. The molecule has 0 heterocycles. The minimum absolute atomic E-state index is 0.981. The van der Waals surface area contributed by atoms with E-state index in [0.29, 0.717) is 0 Å². The van der Waals surface area contributed by atoms with Crippen LogP contribution in [0.3, 0.4) is 0 Å². The average molecular weight is 311 g/mol. The number of hydrogen-bond donors (Lipinski definition) is 0. The Morgan fingerprint density at radius 2 is 1.53 bits per heavy atom. The van der Waals surface area contributed by atoms with Crippen LogP contribution in [-0.2, 0) is 12.3 Å². The van der Waals surface area contributed by atoms with Crippen LogP contribution in [0, 0.1) is 0 Å². The Hall–Kier alpha value is 0.748. The lowest BCUT2D eigenvalue weighted by molar-refractivity contribution is 0.354. The van der Waals surface area contributed by atoms with Crippen LogP contribution in [0.1, 0.15) is 19.8 Å². The maximum absolute atomic E-state index is 6.26. The monoisotopic (exact) mass is 310 g/mol. The molecule has 0 aromatic rings. The standard InChI is InChI=1S/C10H30O3Si4/c1-8-9-10-16(11-14(2)3)13-17(6,7)12-15(4)5/h14-16H,8-10H2,1-7H3. The first-order valence-corrected chi connectivity index (χ1v) is 16.9. The van der Waals surface area contributed by atoms with Gasteiger partial charge in [-0.1, -0.05) is 19.8 Å². The first-order valence-electron chi connectivity index (χ1n) is 6.78. The quantitative estimate of drug-likeness (QED) is 0.613. The van der Waals surface area contributed by atoms with E-state index in [2.05, 4.69) is 46.2 Å². The van der Waals surface area contributed by atoms with Gasteiger partial charge in [0, 0.05) is 0 Å². The van der Waals surface area contributed by atoms with Crippen LogP contribution >= 0.6 is 0 Å². The summed E-state index contributed by atoms with van der Waals surface area (Å²) in [6.45, 7) is 15.4. The molecule has 0 aliphatic rings. The molecule has 0 fully saturated rings. The molecular formula is C10H30O3Si4. The zero-order valence-corrected chi connectivity index (χ0v) is 17.0. The number of rotatable bonds is 9. The lowest BCUT2D eigenvalue weighted by Crippen LogP contribution is -2.45. The maximum atomic E-state index is 6.26. The molecule has 3 nitrogen and oxygen atoms in total. The van der Waals surface area contributed by atoms with Crippen LogP contribution < -0.4 is 0 Å². The van der Waals surface area contributed by atoms with E-state index in [0.717, 1.165) is 6.04 Å². The molecule has 0 saturated heterocycles. The summed E-state index contributed by atoms with van der Waals surface area (Å²) < 4.78 is 18.4. The minimum Gasteiger partial charge on any atom is -0.441 e. The van der Waals surface area contributed by atoms with Gasteiger partial charge in [-0.3, -0.25) is 0 Å². The zero-order valence-electron chi connectivity index (χ0n) is 12.6. The normalized spacial score (nSPS) is 14.6. The summed E-state index contributed by atoms with van der Waals surface area (Å²) in [5.74, 6) is 0. The van der Waals surface area contributed by atoms with Crippen molar-refractivity contribution in [1.29, 1.82) is 0 Å². The Bertz CT molecular complexity index is 200. The van der Waals surface area contributed by atoms with E-state index in [4.69, 9.17) is 12.3 Å². The van der Waals surface area contributed by atoms with Gasteiger partial charge in [-0.25, -0.2) is 0 Å². The van der Waals surface area contributed by atoms with Gasteiger partial charge in [-0.05, 0) is 45.3 Å². The maximum Gasteiger partial charge on any atom is 0.312 e. The van der Waals surface area contributed by atoms with Crippen molar-refractivity contribution in [3.63, 3.8) is 0 Å². The SMILES string of the molecule is CCCC[SiH](O[SiH](C)C)O[Si](C)(C)O[SiH](C)C. The van der Waals surface area contributed by atoms with Crippen molar-refractivity contribution in [3.8, 4) is 0 Å². The molecule has 0 aliphatic carbocycles. The minimum atomic E-state index is -1.93. The molecule has 7 heteroatoms. The predicted octanol–water partition coefficient (Wildman–Crippen LogP) is 2.73. The van der Waals surface area contributed by atoms with Crippen LogP contribution in [0.4, 0.5) is 0 Å². The third-order valence-electron chi connectivity index (χ3n) is 2.15. The van der Waals surface area contributed by atoms with E-state index >= 15 is 0 Å². The molecule has 0 aliphatic heterocycles. The Labute approximate surface area is 113 Å². The fourth-order valence-electron chi connectivity index (χ4n) is 1.74. The first-order chi connectivity index (χ1) is 7.76. The van der Waals surface area contributed by atoms with E-state index in [-0.39, 0.29) is 0 Å². The summed E-state index contributed by atoms with van der Waals surface area (Å²) in [5.41, 5.74) is 0. The third kappa shape index (κ3) is 10.4. The van der Waals surface area contributed by atoms with Crippen molar-refractivity contribution in [2.75, 3.05) is 0 Å². The van der Waals surface area contributed by atoms with Gasteiger partial charge in [0.15, 0.2) is 18.1 Å². The van der Waals surface area contributed by atoms with Crippen molar-refractivity contribution in [1.82, 2.24) is 0 Å². The van der Waals surface area contributed by atoms with E-state index in [9.17, 15) is 0 Å². The number of unbranched alkanes of at least 4 members (excludes halogenated alkanes) is 1. The Balaban J connectivity index is 4.28. The van der Waals surface area contributed by atoms with Gasteiger partial charge in [0.05, 0.1) is 0 Å². The molecule has 0 bridgehead atoms. The first kappa shape index (κ1) is 17.7. The van der Waals surface area contributed by atoms with Crippen molar-refractivity contribution >= 4 is 35.9 Å². The molecule has 0 saturated carbocycles. The smallest absolute Gasteiger partial charge is 0.312 e. The van der Waals surface area contributed by atoms with Gasteiger partial charge in [0.2, 0.25) is 0 Å². The molecular weight excluding hydrogens is 280 g/mol. The lowest BCUT2D eigenvalue weighted by atomic mass is 10.4. The highest BCUT2D eigenvalue weighted by Crippen LogP contribution is 2.15. The van der Waals surface area contributed by atoms with Gasteiger partial charge in [-0.15, -0.1) is 0 Å². The van der Waals surface area contributed by atoms with Crippen LogP contribution in [0.2, 0.25) is 45.3 Å². The summed E-state index contributed by atoms with van der Waals surface area (Å²) in [6, 6.07) is 1.14. The molecule has 104 valence electrons. The van der Waals surface area contributed by atoms with Crippen LogP contribution in [0.5, 0.6) is 0 Å². The van der Waals surface area contributed by atoms with Crippen LogP contribution in [-0.4, -0.2) is 35.9 Å². The highest BCUT2D eigenvalue weighted by atomic mass is 28.5. The highest BCUT2D eigenvalue weighted by Gasteiger charge is 2.31. The fraction of sp³-hybridized carbons (Fsp3) is 1.00.